The van der Waals surface area contributed by atoms with Crippen molar-refractivity contribution in [3.8, 4) is 5.75 Å². The van der Waals surface area contributed by atoms with Gasteiger partial charge in [0.1, 0.15) is 11.6 Å². The van der Waals surface area contributed by atoms with Crippen LogP contribution in [0.3, 0.4) is 0 Å². The van der Waals surface area contributed by atoms with Crippen molar-refractivity contribution in [3.05, 3.63) is 48.0 Å². The summed E-state index contributed by atoms with van der Waals surface area (Å²) in [4.78, 5) is 4.07. The predicted molar refractivity (Wildman–Crippen MR) is 62.4 cm³/mol. The number of halogens is 3. The first-order chi connectivity index (χ1) is 8.87. The van der Waals surface area contributed by atoms with Gasteiger partial charge in [-0.05, 0) is 17.7 Å². The van der Waals surface area contributed by atoms with Gasteiger partial charge in [-0.1, -0.05) is 12.1 Å². The number of hydrogen-bond donors (Lipinski definition) is 1. The van der Waals surface area contributed by atoms with E-state index in [4.69, 9.17) is 5.73 Å². The molecule has 19 heavy (non-hydrogen) atoms. The van der Waals surface area contributed by atoms with Crippen LogP contribution in [0.5, 0.6) is 5.75 Å². The van der Waals surface area contributed by atoms with Crippen LogP contribution in [0.2, 0.25) is 0 Å². The monoisotopic (exact) mass is 271 g/mol. The molecule has 0 saturated carbocycles. The summed E-state index contributed by atoms with van der Waals surface area (Å²) in [6.45, 7) is 0. The van der Waals surface area contributed by atoms with E-state index in [1.807, 2.05) is 0 Å². The average Bonchev–Trinajstić information content (AvgIpc) is 2.72. The van der Waals surface area contributed by atoms with Crippen molar-refractivity contribution in [1.82, 2.24) is 9.55 Å². The molecule has 1 atom stereocenters. The van der Waals surface area contributed by atoms with Crippen molar-refractivity contribution < 1.29 is 17.9 Å². The van der Waals surface area contributed by atoms with Gasteiger partial charge in [-0.3, -0.25) is 0 Å². The third-order valence-electron chi connectivity index (χ3n) is 2.59. The number of aromatic nitrogens is 2. The van der Waals surface area contributed by atoms with E-state index in [1.165, 1.54) is 18.2 Å². The zero-order valence-electron chi connectivity index (χ0n) is 10.1. The van der Waals surface area contributed by atoms with Crippen LogP contribution in [0.1, 0.15) is 17.4 Å². The average molecular weight is 271 g/mol. The van der Waals surface area contributed by atoms with Gasteiger partial charge in [-0.25, -0.2) is 4.98 Å². The molecule has 102 valence electrons. The van der Waals surface area contributed by atoms with Crippen LogP contribution in [0.15, 0.2) is 36.7 Å². The fraction of sp³-hybridized carbons (Fsp3) is 0.250. The van der Waals surface area contributed by atoms with E-state index in [0.717, 1.165) is 0 Å². The Bertz CT molecular complexity index is 565. The van der Waals surface area contributed by atoms with Gasteiger partial charge in [0.25, 0.3) is 0 Å². The highest BCUT2D eigenvalue weighted by atomic mass is 19.4. The van der Waals surface area contributed by atoms with Crippen LogP contribution in [-0.4, -0.2) is 15.9 Å². The highest BCUT2D eigenvalue weighted by Gasteiger charge is 2.31. The normalized spacial score (nSPS) is 13.3. The summed E-state index contributed by atoms with van der Waals surface area (Å²) >= 11 is 0. The Kier molecular flexibility index (Phi) is 3.48. The van der Waals surface area contributed by atoms with Crippen LogP contribution in [0.4, 0.5) is 13.2 Å². The Morgan fingerprint density at radius 2 is 2.11 bits per heavy atom. The Morgan fingerprint density at radius 1 is 1.37 bits per heavy atom. The van der Waals surface area contributed by atoms with E-state index in [9.17, 15) is 13.2 Å². The third-order valence-corrected chi connectivity index (χ3v) is 2.59. The van der Waals surface area contributed by atoms with Gasteiger partial charge in [0.2, 0.25) is 0 Å². The lowest BCUT2D eigenvalue weighted by atomic mass is 10.1. The Hall–Kier alpha value is -2.02. The summed E-state index contributed by atoms with van der Waals surface area (Å²) in [5.41, 5.74) is 6.47. The molecule has 0 radical (unpaired) electrons. The van der Waals surface area contributed by atoms with Crippen molar-refractivity contribution in [2.75, 3.05) is 0 Å². The van der Waals surface area contributed by atoms with Crippen LogP contribution >= 0.6 is 0 Å². The van der Waals surface area contributed by atoms with Gasteiger partial charge >= 0.3 is 6.36 Å². The first-order valence-corrected chi connectivity index (χ1v) is 5.45. The standard InChI is InChI=1S/C12H12F3N3O/c1-18-6-5-17-11(18)10(16)8-3-2-4-9(7-8)19-12(13,14)15/h2-7,10H,16H2,1H3. The van der Waals surface area contributed by atoms with Gasteiger partial charge in [0.15, 0.2) is 0 Å². The molecule has 0 saturated heterocycles. The molecule has 2 rings (SSSR count). The molecule has 0 fully saturated rings. The minimum absolute atomic E-state index is 0.297. The summed E-state index contributed by atoms with van der Waals surface area (Å²) in [5.74, 6) is 0.263. The molecular weight excluding hydrogens is 259 g/mol. The van der Waals surface area contributed by atoms with Gasteiger partial charge < -0.3 is 15.0 Å². The summed E-state index contributed by atoms with van der Waals surface area (Å²) in [5, 5.41) is 0. The highest BCUT2D eigenvalue weighted by Crippen LogP contribution is 2.26. The maximum atomic E-state index is 12.1. The van der Waals surface area contributed by atoms with Crippen LogP contribution in [-0.2, 0) is 7.05 Å². The molecule has 0 aliphatic heterocycles. The fourth-order valence-corrected chi connectivity index (χ4v) is 1.73. The second-order valence-electron chi connectivity index (χ2n) is 3.99. The lowest BCUT2D eigenvalue weighted by molar-refractivity contribution is -0.274. The number of hydrogen-bond acceptors (Lipinski definition) is 3. The smallest absolute Gasteiger partial charge is 0.406 e. The zero-order valence-corrected chi connectivity index (χ0v) is 10.1. The highest BCUT2D eigenvalue weighted by molar-refractivity contribution is 5.33. The van der Waals surface area contributed by atoms with Gasteiger partial charge in [0, 0.05) is 19.4 Å². The maximum Gasteiger partial charge on any atom is 0.573 e. The lowest BCUT2D eigenvalue weighted by Gasteiger charge is -2.14. The summed E-state index contributed by atoms with van der Waals surface area (Å²) in [6, 6.07) is 4.95. The summed E-state index contributed by atoms with van der Waals surface area (Å²) in [7, 11) is 1.76. The third kappa shape index (κ3) is 3.25. The first kappa shape index (κ1) is 13.4. The molecule has 7 heteroatoms. The minimum Gasteiger partial charge on any atom is -0.406 e. The van der Waals surface area contributed by atoms with E-state index in [-0.39, 0.29) is 5.75 Å². The molecule has 0 aliphatic rings. The molecule has 1 unspecified atom stereocenters. The molecule has 2 N–H and O–H groups in total. The molecule has 1 aromatic heterocycles. The molecule has 1 aromatic carbocycles. The number of alkyl halides is 3. The lowest BCUT2D eigenvalue weighted by Crippen LogP contribution is -2.19. The van der Waals surface area contributed by atoms with Crippen molar-refractivity contribution in [3.63, 3.8) is 0 Å². The Balaban J connectivity index is 2.26. The molecule has 2 aromatic rings. The van der Waals surface area contributed by atoms with Gasteiger partial charge in [0.05, 0.1) is 6.04 Å². The summed E-state index contributed by atoms with van der Waals surface area (Å²) < 4.78 is 42.0. The number of imidazole rings is 1. The van der Waals surface area contributed by atoms with Gasteiger partial charge in [-0.15, -0.1) is 13.2 Å². The zero-order chi connectivity index (χ0) is 14.0. The Labute approximate surface area is 107 Å². The van der Waals surface area contributed by atoms with Crippen molar-refractivity contribution >= 4 is 0 Å². The number of nitrogens with zero attached hydrogens (tertiary/aromatic N) is 2. The van der Waals surface area contributed by atoms with Crippen molar-refractivity contribution in [2.45, 2.75) is 12.4 Å². The van der Waals surface area contributed by atoms with Crippen LogP contribution in [0.25, 0.3) is 0 Å². The number of nitrogens with two attached hydrogens (primary N) is 1. The molecule has 0 aliphatic carbocycles. The first-order valence-electron chi connectivity index (χ1n) is 5.45. The second kappa shape index (κ2) is 4.93. The van der Waals surface area contributed by atoms with E-state index in [0.29, 0.717) is 11.4 Å². The quantitative estimate of drug-likeness (QED) is 0.932. The number of rotatable bonds is 3. The molecule has 0 bridgehead atoms. The van der Waals surface area contributed by atoms with Crippen LogP contribution < -0.4 is 10.5 Å². The topological polar surface area (TPSA) is 53.1 Å². The largest absolute Gasteiger partial charge is 0.573 e. The van der Waals surface area contributed by atoms with E-state index < -0.39 is 12.4 Å². The molecular formula is C12H12F3N3O. The molecule has 0 amide bonds. The number of aryl methyl sites for hydroxylation is 1. The Morgan fingerprint density at radius 3 is 2.68 bits per heavy atom. The number of benzene rings is 1. The van der Waals surface area contributed by atoms with E-state index >= 15 is 0 Å². The second-order valence-corrected chi connectivity index (χ2v) is 3.99. The van der Waals surface area contributed by atoms with Crippen molar-refractivity contribution in [1.29, 1.82) is 0 Å². The fourth-order valence-electron chi connectivity index (χ4n) is 1.73. The number of ether oxygens (including phenoxy) is 1. The maximum absolute atomic E-state index is 12.1. The SMILES string of the molecule is Cn1ccnc1C(N)c1cccc(OC(F)(F)F)c1. The minimum atomic E-state index is -4.72. The molecule has 0 spiro atoms. The predicted octanol–water partition coefficient (Wildman–Crippen LogP) is 2.37. The van der Waals surface area contributed by atoms with Crippen molar-refractivity contribution in [2.24, 2.45) is 12.8 Å². The summed E-state index contributed by atoms with van der Waals surface area (Å²) in [6.07, 6.45) is -1.43. The molecule has 1 heterocycles. The van der Waals surface area contributed by atoms with E-state index in [1.54, 1.807) is 30.1 Å². The van der Waals surface area contributed by atoms with E-state index in [2.05, 4.69) is 9.72 Å². The van der Waals surface area contributed by atoms with Gasteiger partial charge in [-0.2, -0.15) is 0 Å². The van der Waals surface area contributed by atoms with Crippen LogP contribution in [0, 0.1) is 0 Å². The molecule has 4 nitrogen and oxygen atoms in total.